The van der Waals surface area contributed by atoms with Gasteiger partial charge in [-0.2, -0.15) is 0 Å². The predicted molar refractivity (Wildman–Crippen MR) is 78.8 cm³/mol. The highest BCUT2D eigenvalue weighted by atomic mass is 79.9. The lowest BCUT2D eigenvalue weighted by Crippen LogP contribution is -2.15. The molecule has 6 nitrogen and oxygen atoms in total. The standard InChI is InChI=1S/C11H9BrN2O4S2/c1-6-7(10(15)16)3-2-4-8(6)20(17,18)14-11-13-5-9(12)19-11/h2-5H,1H3,(H,13,14)(H,15,16). The van der Waals surface area contributed by atoms with Crippen molar-refractivity contribution in [3.63, 3.8) is 0 Å². The minimum atomic E-state index is -3.87. The minimum absolute atomic E-state index is 0.0480. The number of thiazole rings is 1. The summed E-state index contributed by atoms with van der Waals surface area (Å²) in [6.07, 6.45) is 1.48. The molecule has 0 amide bonds. The van der Waals surface area contributed by atoms with Crippen LogP contribution in [-0.2, 0) is 10.0 Å². The number of aromatic nitrogens is 1. The number of halogens is 1. The lowest BCUT2D eigenvalue weighted by atomic mass is 10.1. The first-order chi connectivity index (χ1) is 9.31. The summed E-state index contributed by atoms with van der Waals surface area (Å²) in [5, 5.41) is 9.22. The van der Waals surface area contributed by atoms with Gasteiger partial charge in [0.1, 0.15) is 0 Å². The molecule has 1 aromatic heterocycles. The molecule has 106 valence electrons. The number of anilines is 1. The molecule has 20 heavy (non-hydrogen) atoms. The Morgan fingerprint density at radius 1 is 1.45 bits per heavy atom. The summed E-state index contributed by atoms with van der Waals surface area (Å²) in [6.45, 7) is 1.45. The van der Waals surface area contributed by atoms with Gasteiger partial charge < -0.3 is 5.11 Å². The van der Waals surface area contributed by atoms with Crippen LogP contribution in [0.5, 0.6) is 0 Å². The molecule has 0 saturated carbocycles. The highest BCUT2D eigenvalue weighted by molar-refractivity contribution is 9.11. The number of nitrogens with zero attached hydrogens (tertiary/aromatic N) is 1. The molecule has 0 unspecified atom stereocenters. The van der Waals surface area contributed by atoms with E-state index < -0.39 is 16.0 Å². The van der Waals surface area contributed by atoms with Crippen molar-refractivity contribution in [1.82, 2.24) is 4.98 Å². The number of carbonyl (C=O) groups is 1. The van der Waals surface area contributed by atoms with Crippen molar-refractivity contribution in [3.05, 3.63) is 39.3 Å². The van der Waals surface area contributed by atoms with Gasteiger partial charge in [0.05, 0.1) is 20.4 Å². The van der Waals surface area contributed by atoms with Gasteiger partial charge >= 0.3 is 5.97 Å². The van der Waals surface area contributed by atoms with Gasteiger partial charge in [-0.1, -0.05) is 17.4 Å². The summed E-state index contributed by atoms with van der Waals surface area (Å²) in [5.41, 5.74) is 0.135. The Morgan fingerprint density at radius 2 is 2.15 bits per heavy atom. The van der Waals surface area contributed by atoms with Gasteiger partial charge in [-0.25, -0.2) is 18.2 Å². The number of hydrogen-bond acceptors (Lipinski definition) is 5. The highest BCUT2D eigenvalue weighted by Gasteiger charge is 2.21. The maximum Gasteiger partial charge on any atom is 0.335 e. The van der Waals surface area contributed by atoms with Crippen LogP contribution in [0.1, 0.15) is 15.9 Å². The van der Waals surface area contributed by atoms with E-state index in [4.69, 9.17) is 5.11 Å². The van der Waals surface area contributed by atoms with Crippen molar-refractivity contribution in [2.75, 3.05) is 4.72 Å². The summed E-state index contributed by atoms with van der Waals surface area (Å²) < 4.78 is 27.5. The fraction of sp³-hybridized carbons (Fsp3) is 0.0909. The van der Waals surface area contributed by atoms with Crippen LogP contribution in [0.25, 0.3) is 0 Å². The molecule has 2 N–H and O–H groups in total. The fourth-order valence-electron chi connectivity index (χ4n) is 1.61. The third-order valence-corrected chi connectivity index (χ3v) is 5.51. The Hall–Kier alpha value is -1.45. The van der Waals surface area contributed by atoms with E-state index in [1.807, 2.05) is 0 Å². The van der Waals surface area contributed by atoms with E-state index in [2.05, 4.69) is 25.6 Å². The Kier molecular flexibility index (Phi) is 4.11. The second-order valence-electron chi connectivity index (χ2n) is 3.81. The summed E-state index contributed by atoms with van der Waals surface area (Å²) in [4.78, 5) is 14.8. The van der Waals surface area contributed by atoms with E-state index in [9.17, 15) is 13.2 Å². The highest BCUT2D eigenvalue weighted by Crippen LogP contribution is 2.27. The number of benzene rings is 1. The zero-order valence-corrected chi connectivity index (χ0v) is 13.3. The molecule has 1 aromatic carbocycles. The zero-order valence-electron chi connectivity index (χ0n) is 10.1. The largest absolute Gasteiger partial charge is 0.478 e. The number of sulfonamides is 1. The number of nitrogens with one attached hydrogen (secondary N) is 1. The van der Waals surface area contributed by atoms with Gasteiger partial charge in [-0.3, -0.25) is 4.72 Å². The van der Waals surface area contributed by atoms with E-state index in [0.717, 1.165) is 11.3 Å². The van der Waals surface area contributed by atoms with Crippen molar-refractivity contribution < 1.29 is 18.3 Å². The maximum absolute atomic E-state index is 12.3. The van der Waals surface area contributed by atoms with Crippen molar-refractivity contribution in [2.24, 2.45) is 0 Å². The quantitative estimate of drug-likeness (QED) is 0.854. The molecule has 0 aliphatic carbocycles. The summed E-state index contributed by atoms with van der Waals surface area (Å²) >= 11 is 4.31. The van der Waals surface area contributed by atoms with Crippen LogP contribution >= 0.6 is 27.3 Å². The molecule has 2 rings (SSSR count). The molecule has 0 spiro atoms. The number of hydrogen-bond donors (Lipinski definition) is 2. The first-order valence-corrected chi connectivity index (χ1v) is 8.37. The average Bonchev–Trinajstić information content (AvgIpc) is 2.73. The summed E-state index contributed by atoms with van der Waals surface area (Å²) in [6, 6.07) is 4.10. The van der Waals surface area contributed by atoms with E-state index >= 15 is 0 Å². The van der Waals surface area contributed by atoms with Crippen LogP contribution in [0.3, 0.4) is 0 Å². The van der Waals surface area contributed by atoms with Crippen LogP contribution in [0, 0.1) is 6.92 Å². The summed E-state index contributed by atoms with van der Waals surface area (Å²) in [5.74, 6) is -1.17. The monoisotopic (exact) mass is 376 g/mol. The smallest absolute Gasteiger partial charge is 0.335 e. The second-order valence-corrected chi connectivity index (χ2v) is 7.87. The zero-order chi connectivity index (χ0) is 14.9. The molecule has 2 aromatic rings. The SMILES string of the molecule is Cc1c(C(=O)O)cccc1S(=O)(=O)Nc1ncc(Br)s1. The second kappa shape index (κ2) is 5.51. The summed E-state index contributed by atoms with van der Waals surface area (Å²) in [7, 11) is -3.87. The van der Waals surface area contributed by atoms with E-state index in [1.54, 1.807) is 0 Å². The predicted octanol–water partition coefficient (Wildman–Crippen LogP) is 2.71. The van der Waals surface area contributed by atoms with Crippen LogP contribution < -0.4 is 4.72 Å². The Labute approximate surface area is 127 Å². The first-order valence-electron chi connectivity index (χ1n) is 5.28. The molecule has 0 aliphatic heterocycles. The van der Waals surface area contributed by atoms with Crippen molar-refractivity contribution >= 4 is 48.4 Å². The Balaban J connectivity index is 2.44. The van der Waals surface area contributed by atoms with Crippen LogP contribution in [-0.4, -0.2) is 24.5 Å². The average molecular weight is 377 g/mol. The Morgan fingerprint density at radius 3 is 2.70 bits per heavy atom. The Bertz CT molecular complexity index is 770. The van der Waals surface area contributed by atoms with Crippen molar-refractivity contribution in [1.29, 1.82) is 0 Å². The van der Waals surface area contributed by atoms with Crippen LogP contribution in [0.4, 0.5) is 5.13 Å². The lowest BCUT2D eigenvalue weighted by molar-refractivity contribution is 0.0696. The van der Waals surface area contributed by atoms with Gasteiger partial charge in [0.25, 0.3) is 10.0 Å². The van der Waals surface area contributed by atoms with Gasteiger partial charge in [0.2, 0.25) is 0 Å². The number of carboxylic acids is 1. The number of carboxylic acid groups (broad SMARTS) is 1. The molecule has 0 aliphatic rings. The van der Waals surface area contributed by atoms with Crippen molar-refractivity contribution in [2.45, 2.75) is 11.8 Å². The molecule has 0 radical (unpaired) electrons. The molecule has 9 heteroatoms. The number of aromatic carboxylic acids is 1. The maximum atomic E-state index is 12.3. The van der Waals surface area contributed by atoms with E-state index in [-0.39, 0.29) is 21.2 Å². The topological polar surface area (TPSA) is 96.4 Å². The molecule has 0 saturated heterocycles. The molecule has 1 heterocycles. The molecular formula is C11H9BrN2O4S2. The van der Waals surface area contributed by atoms with Gasteiger partial charge in [0.15, 0.2) is 5.13 Å². The molecular weight excluding hydrogens is 368 g/mol. The van der Waals surface area contributed by atoms with Crippen molar-refractivity contribution in [3.8, 4) is 0 Å². The van der Waals surface area contributed by atoms with Gasteiger partial charge in [-0.15, -0.1) is 0 Å². The van der Waals surface area contributed by atoms with Gasteiger partial charge in [-0.05, 0) is 40.5 Å². The minimum Gasteiger partial charge on any atom is -0.478 e. The normalized spacial score (nSPS) is 11.3. The van der Waals surface area contributed by atoms with Crippen LogP contribution in [0.15, 0.2) is 33.1 Å². The van der Waals surface area contributed by atoms with Gasteiger partial charge in [0, 0.05) is 0 Å². The van der Waals surface area contributed by atoms with E-state index in [1.165, 1.54) is 31.3 Å². The number of rotatable bonds is 4. The third kappa shape index (κ3) is 3.00. The molecule has 0 bridgehead atoms. The van der Waals surface area contributed by atoms with Crippen LogP contribution in [0.2, 0.25) is 0 Å². The molecule has 0 fully saturated rings. The third-order valence-electron chi connectivity index (χ3n) is 2.50. The lowest BCUT2D eigenvalue weighted by Gasteiger charge is -2.09. The fourth-order valence-corrected chi connectivity index (χ4v) is 4.23. The first kappa shape index (κ1) is 14.9. The molecule has 0 atom stereocenters. The van der Waals surface area contributed by atoms with E-state index in [0.29, 0.717) is 3.79 Å².